The molecule has 0 aliphatic carbocycles. The van der Waals surface area contributed by atoms with Crippen molar-refractivity contribution in [2.75, 3.05) is 20.3 Å². The molecule has 0 amide bonds. The molecule has 6 heteroatoms. The highest BCUT2D eigenvalue weighted by molar-refractivity contribution is 5.20. The molecule has 0 atom stereocenters. The van der Waals surface area contributed by atoms with E-state index in [1.165, 1.54) is 0 Å². The van der Waals surface area contributed by atoms with E-state index in [1.807, 2.05) is 25.1 Å². The molecule has 0 aliphatic heterocycles. The molecule has 2 aromatic rings. The van der Waals surface area contributed by atoms with Gasteiger partial charge in [-0.2, -0.15) is 0 Å². The summed E-state index contributed by atoms with van der Waals surface area (Å²) in [7, 11) is 1.68. The predicted molar refractivity (Wildman–Crippen MR) is 73.4 cm³/mol. The van der Waals surface area contributed by atoms with E-state index in [0.717, 1.165) is 23.7 Å². The topological polar surface area (TPSA) is 69.4 Å². The number of aromatic nitrogens is 2. The zero-order valence-electron chi connectivity index (χ0n) is 11.8. The first-order valence-corrected chi connectivity index (χ1v) is 6.47. The van der Waals surface area contributed by atoms with Crippen molar-refractivity contribution in [1.29, 1.82) is 0 Å². The van der Waals surface area contributed by atoms with Crippen LogP contribution in [0.1, 0.15) is 17.1 Å². The first-order valence-electron chi connectivity index (χ1n) is 6.47. The Morgan fingerprint density at radius 3 is 2.85 bits per heavy atom. The van der Waals surface area contributed by atoms with E-state index in [-0.39, 0.29) is 0 Å². The highest BCUT2D eigenvalue weighted by atomic mass is 16.5. The minimum atomic E-state index is 0.379. The van der Waals surface area contributed by atoms with Crippen molar-refractivity contribution in [1.82, 2.24) is 15.5 Å². The Labute approximate surface area is 118 Å². The molecular weight excluding hydrogens is 258 g/mol. The second kappa shape index (κ2) is 7.62. The smallest absolute Gasteiger partial charge is 0.138 e. The Morgan fingerprint density at radius 1 is 1.30 bits per heavy atom. The summed E-state index contributed by atoms with van der Waals surface area (Å²) in [6.45, 7) is 4.44. The normalized spacial score (nSPS) is 10.7. The quantitative estimate of drug-likeness (QED) is 0.741. The van der Waals surface area contributed by atoms with Crippen LogP contribution in [0.2, 0.25) is 0 Å². The second-order valence-corrected chi connectivity index (χ2v) is 4.37. The lowest BCUT2D eigenvalue weighted by Gasteiger charge is -2.06. The van der Waals surface area contributed by atoms with Crippen LogP contribution in [-0.2, 0) is 17.9 Å². The maximum atomic E-state index is 5.58. The van der Waals surface area contributed by atoms with E-state index >= 15 is 0 Å². The van der Waals surface area contributed by atoms with Crippen molar-refractivity contribution < 1.29 is 14.0 Å². The zero-order chi connectivity index (χ0) is 14.2. The molecule has 0 aromatic carbocycles. The molecule has 0 aliphatic rings. The lowest BCUT2D eigenvalue weighted by atomic mass is 10.3. The summed E-state index contributed by atoms with van der Waals surface area (Å²) in [5.41, 5.74) is 1.73. The highest BCUT2D eigenvalue weighted by Gasteiger charge is 2.02. The molecule has 0 radical (unpaired) electrons. The Bertz CT molecular complexity index is 511. The predicted octanol–water partition coefficient (Wildman–Crippen LogP) is 1.69. The van der Waals surface area contributed by atoms with E-state index in [2.05, 4.69) is 15.5 Å². The third-order valence-electron chi connectivity index (χ3n) is 2.65. The number of nitrogens with one attached hydrogen (secondary N) is 1. The molecule has 0 saturated carbocycles. The van der Waals surface area contributed by atoms with Crippen LogP contribution in [0.5, 0.6) is 5.75 Å². The Kier molecular flexibility index (Phi) is 5.52. The maximum absolute atomic E-state index is 5.58. The molecule has 0 fully saturated rings. The summed E-state index contributed by atoms with van der Waals surface area (Å²) < 4.78 is 15.5. The molecule has 1 N–H and O–H groups in total. The lowest BCUT2D eigenvalue weighted by Crippen LogP contribution is -2.19. The Balaban J connectivity index is 1.76. The van der Waals surface area contributed by atoms with Crippen LogP contribution in [0, 0.1) is 6.92 Å². The number of nitrogens with zero attached hydrogens (tertiary/aromatic N) is 2. The summed E-state index contributed by atoms with van der Waals surface area (Å²) in [5.74, 6) is 1.49. The van der Waals surface area contributed by atoms with Crippen molar-refractivity contribution in [2.45, 2.75) is 20.1 Å². The first kappa shape index (κ1) is 14.5. The van der Waals surface area contributed by atoms with Crippen LogP contribution in [-0.4, -0.2) is 30.4 Å². The van der Waals surface area contributed by atoms with Gasteiger partial charge in [-0.25, -0.2) is 0 Å². The fourth-order valence-corrected chi connectivity index (χ4v) is 1.63. The zero-order valence-corrected chi connectivity index (χ0v) is 11.8. The van der Waals surface area contributed by atoms with Crippen LogP contribution < -0.4 is 10.1 Å². The third-order valence-corrected chi connectivity index (χ3v) is 2.65. The average molecular weight is 277 g/mol. The molecule has 6 nitrogen and oxygen atoms in total. The van der Waals surface area contributed by atoms with Crippen molar-refractivity contribution >= 4 is 0 Å². The van der Waals surface area contributed by atoms with Gasteiger partial charge in [-0.05, 0) is 19.1 Å². The van der Waals surface area contributed by atoms with Gasteiger partial charge in [-0.3, -0.25) is 4.98 Å². The van der Waals surface area contributed by atoms with Gasteiger partial charge in [-0.1, -0.05) is 5.16 Å². The summed E-state index contributed by atoms with van der Waals surface area (Å²) in [5, 5.41) is 7.10. The summed E-state index contributed by atoms with van der Waals surface area (Å²) in [6, 6.07) is 5.68. The van der Waals surface area contributed by atoms with Gasteiger partial charge in [-0.15, -0.1) is 0 Å². The van der Waals surface area contributed by atoms with Crippen LogP contribution in [0.15, 0.2) is 28.9 Å². The molecule has 0 spiro atoms. The van der Waals surface area contributed by atoms with E-state index in [1.54, 1.807) is 13.3 Å². The van der Waals surface area contributed by atoms with Crippen LogP contribution in [0.3, 0.4) is 0 Å². The van der Waals surface area contributed by atoms with E-state index in [9.17, 15) is 0 Å². The van der Waals surface area contributed by atoms with Crippen molar-refractivity contribution in [3.8, 4) is 5.75 Å². The van der Waals surface area contributed by atoms with Gasteiger partial charge in [0.25, 0.3) is 0 Å². The van der Waals surface area contributed by atoms with E-state index in [0.29, 0.717) is 25.5 Å². The van der Waals surface area contributed by atoms with E-state index in [4.69, 9.17) is 14.0 Å². The SMILES string of the molecule is COCCNCc1ccc(OCc2cc(C)on2)cn1. The number of hydrogen-bond acceptors (Lipinski definition) is 6. The number of pyridine rings is 1. The first-order chi connectivity index (χ1) is 9.78. The van der Waals surface area contributed by atoms with Gasteiger partial charge in [0.2, 0.25) is 0 Å². The van der Waals surface area contributed by atoms with Gasteiger partial charge >= 0.3 is 0 Å². The molecule has 2 rings (SSSR count). The molecule has 2 aromatic heterocycles. The molecule has 108 valence electrons. The van der Waals surface area contributed by atoms with Gasteiger partial charge in [0.15, 0.2) is 0 Å². The molecule has 0 bridgehead atoms. The van der Waals surface area contributed by atoms with Gasteiger partial charge < -0.3 is 19.3 Å². The fraction of sp³-hybridized carbons (Fsp3) is 0.429. The summed E-state index contributed by atoms with van der Waals surface area (Å²) >= 11 is 0. The van der Waals surface area contributed by atoms with E-state index < -0.39 is 0 Å². The minimum absolute atomic E-state index is 0.379. The third kappa shape index (κ3) is 4.64. The molecule has 0 unspecified atom stereocenters. The van der Waals surface area contributed by atoms with Crippen molar-refractivity contribution in [3.05, 3.63) is 41.5 Å². The average Bonchev–Trinajstić information content (AvgIpc) is 2.88. The van der Waals surface area contributed by atoms with Gasteiger partial charge in [0.05, 0.1) is 18.5 Å². The lowest BCUT2D eigenvalue weighted by molar-refractivity contribution is 0.199. The standard InChI is InChI=1S/C14H19N3O3/c1-11-7-13(17-20-11)10-19-14-4-3-12(16-9-14)8-15-5-6-18-2/h3-4,7,9,15H,5-6,8,10H2,1-2H3. The fourth-order valence-electron chi connectivity index (χ4n) is 1.63. The van der Waals surface area contributed by atoms with Crippen molar-refractivity contribution in [3.63, 3.8) is 0 Å². The number of hydrogen-bond donors (Lipinski definition) is 1. The Morgan fingerprint density at radius 2 is 2.20 bits per heavy atom. The molecule has 20 heavy (non-hydrogen) atoms. The number of aryl methyl sites for hydroxylation is 1. The molecular formula is C14H19N3O3. The van der Waals surface area contributed by atoms with Gasteiger partial charge in [0, 0.05) is 26.3 Å². The summed E-state index contributed by atoms with van der Waals surface area (Å²) in [6.07, 6.45) is 1.71. The number of rotatable bonds is 8. The van der Waals surface area contributed by atoms with Crippen molar-refractivity contribution in [2.24, 2.45) is 0 Å². The second-order valence-electron chi connectivity index (χ2n) is 4.37. The molecule has 2 heterocycles. The van der Waals surface area contributed by atoms with Gasteiger partial charge in [0.1, 0.15) is 23.8 Å². The van der Waals surface area contributed by atoms with Crippen LogP contribution >= 0.6 is 0 Å². The summed E-state index contributed by atoms with van der Waals surface area (Å²) in [4.78, 5) is 4.32. The monoisotopic (exact) mass is 277 g/mol. The minimum Gasteiger partial charge on any atom is -0.486 e. The highest BCUT2D eigenvalue weighted by Crippen LogP contribution is 2.12. The maximum Gasteiger partial charge on any atom is 0.138 e. The largest absolute Gasteiger partial charge is 0.486 e. The molecule has 0 saturated heterocycles. The van der Waals surface area contributed by atoms with Crippen LogP contribution in [0.25, 0.3) is 0 Å². The number of methoxy groups -OCH3 is 1. The number of ether oxygens (including phenoxy) is 2. The van der Waals surface area contributed by atoms with Crippen LogP contribution in [0.4, 0.5) is 0 Å². The Hall–Kier alpha value is -1.92.